The lowest BCUT2D eigenvalue weighted by Crippen LogP contribution is -2.22. The zero-order valence-corrected chi connectivity index (χ0v) is 13.3. The van der Waals surface area contributed by atoms with E-state index in [1.54, 1.807) is 7.11 Å². The first-order valence-corrected chi connectivity index (χ1v) is 7.25. The van der Waals surface area contributed by atoms with Crippen molar-refractivity contribution in [2.75, 3.05) is 19.0 Å². The van der Waals surface area contributed by atoms with E-state index >= 15 is 0 Å². The molecule has 0 saturated carbocycles. The average Bonchev–Trinajstić information content (AvgIpc) is 2.78. The van der Waals surface area contributed by atoms with Crippen LogP contribution in [-0.4, -0.2) is 29.5 Å². The lowest BCUT2D eigenvalue weighted by atomic mass is 10.2. The van der Waals surface area contributed by atoms with E-state index in [1.165, 1.54) is 0 Å². The second-order valence-corrected chi connectivity index (χ2v) is 5.06. The van der Waals surface area contributed by atoms with Crippen LogP contribution in [0.4, 0.5) is 5.69 Å². The highest BCUT2D eigenvalue weighted by molar-refractivity contribution is 5.92. The van der Waals surface area contributed by atoms with Crippen LogP contribution in [0.5, 0.6) is 0 Å². The number of methoxy groups -OCH3 is 1. The number of aromatic nitrogens is 2. The molecule has 0 unspecified atom stereocenters. The Morgan fingerprint density at radius 2 is 2.05 bits per heavy atom. The number of benzene rings is 1. The fourth-order valence-corrected chi connectivity index (χ4v) is 2.23. The Labute approximate surface area is 131 Å². The van der Waals surface area contributed by atoms with Gasteiger partial charge in [-0.2, -0.15) is 5.10 Å². The predicted octanol–water partition coefficient (Wildman–Crippen LogP) is 2.07. The maximum atomic E-state index is 5.93. The van der Waals surface area contributed by atoms with Crippen LogP contribution < -0.4 is 11.1 Å². The summed E-state index contributed by atoms with van der Waals surface area (Å²) < 4.78 is 7.04. The monoisotopic (exact) mass is 301 g/mol. The Balaban J connectivity index is 2.04. The van der Waals surface area contributed by atoms with E-state index in [2.05, 4.69) is 15.4 Å². The van der Waals surface area contributed by atoms with Gasteiger partial charge in [0.25, 0.3) is 0 Å². The predicted molar refractivity (Wildman–Crippen MR) is 89.0 cm³/mol. The molecule has 0 aliphatic rings. The summed E-state index contributed by atoms with van der Waals surface area (Å²) in [4.78, 5) is 4.40. The summed E-state index contributed by atoms with van der Waals surface area (Å²) in [6.07, 6.45) is 0. The normalized spacial score (nSPS) is 11.7. The number of ether oxygens (including phenoxy) is 1. The largest absolute Gasteiger partial charge is 0.383 e. The molecular formula is C16H23N5O. The van der Waals surface area contributed by atoms with Gasteiger partial charge in [0.2, 0.25) is 0 Å². The summed E-state index contributed by atoms with van der Waals surface area (Å²) in [6.45, 7) is 5.92. The highest BCUT2D eigenvalue weighted by atomic mass is 16.5. The van der Waals surface area contributed by atoms with Gasteiger partial charge in [-0.05, 0) is 26.0 Å². The molecule has 0 saturated heterocycles. The molecule has 0 fully saturated rings. The van der Waals surface area contributed by atoms with Crippen molar-refractivity contribution in [3.8, 4) is 0 Å². The molecule has 22 heavy (non-hydrogen) atoms. The Kier molecular flexibility index (Phi) is 5.55. The molecule has 6 nitrogen and oxygen atoms in total. The number of para-hydroxylation sites is 1. The molecule has 0 atom stereocenters. The fraction of sp³-hybridized carbons (Fsp3) is 0.375. The number of rotatable bonds is 6. The third-order valence-corrected chi connectivity index (χ3v) is 3.49. The summed E-state index contributed by atoms with van der Waals surface area (Å²) in [5.41, 5.74) is 10.0. The smallest absolute Gasteiger partial charge is 0.193 e. The van der Waals surface area contributed by atoms with Crippen molar-refractivity contribution in [1.82, 2.24) is 9.78 Å². The molecule has 1 aromatic carbocycles. The maximum absolute atomic E-state index is 5.93. The molecule has 0 aliphatic heterocycles. The molecule has 118 valence electrons. The fourth-order valence-electron chi connectivity index (χ4n) is 2.23. The van der Waals surface area contributed by atoms with Gasteiger partial charge in [0.05, 0.1) is 25.4 Å². The SMILES string of the molecule is COCCn1nc(C)c(CN=C(N)Nc2ccccc2)c1C. The van der Waals surface area contributed by atoms with Crippen LogP contribution in [0.15, 0.2) is 35.3 Å². The molecule has 2 rings (SSSR count). The average molecular weight is 301 g/mol. The van der Waals surface area contributed by atoms with Crippen LogP contribution in [-0.2, 0) is 17.8 Å². The van der Waals surface area contributed by atoms with Gasteiger partial charge >= 0.3 is 0 Å². The second-order valence-electron chi connectivity index (χ2n) is 5.06. The van der Waals surface area contributed by atoms with E-state index in [9.17, 15) is 0 Å². The Morgan fingerprint density at radius 3 is 2.73 bits per heavy atom. The number of nitrogens with one attached hydrogen (secondary N) is 1. The van der Waals surface area contributed by atoms with Crippen LogP contribution in [0, 0.1) is 13.8 Å². The number of nitrogens with two attached hydrogens (primary N) is 1. The highest BCUT2D eigenvalue weighted by Crippen LogP contribution is 2.14. The Hall–Kier alpha value is -2.34. The minimum Gasteiger partial charge on any atom is -0.383 e. The van der Waals surface area contributed by atoms with Gasteiger partial charge in [-0.1, -0.05) is 18.2 Å². The standard InChI is InChI=1S/C16H23N5O/c1-12-15(13(2)21(20-12)9-10-22-3)11-18-16(17)19-14-7-5-4-6-8-14/h4-8H,9-11H2,1-3H3,(H3,17,18,19). The first-order valence-electron chi connectivity index (χ1n) is 7.25. The summed E-state index contributed by atoms with van der Waals surface area (Å²) >= 11 is 0. The minimum atomic E-state index is 0.398. The van der Waals surface area contributed by atoms with Crippen molar-refractivity contribution in [1.29, 1.82) is 0 Å². The molecule has 2 aromatic rings. The van der Waals surface area contributed by atoms with Gasteiger partial charge in [-0.15, -0.1) is 0 Å². The van der Waals surface area contributed by atoms with Crippen molar-refractivity contribution in [2.45, 2.75) is 26.9 Å². The number of aryl methyl sites for hydroxylation is 1. The van der Waals surface area contributed by atoms with E-state index in [0.29, 0.717) is 19.1 Å². The lowest BCUT2D eigenvalue weighted by Gasteiger charge is -2.06. The topological polar surface area (TPSA) is 77.5 Å². The van der Waals surface area contributed by atoms with Crippen LogP contribution >= 0.6 is 0 Å². The maximum Gasteiger partial charge on any atom is 0.193 e. The first kappa shape index (κ1) is 16.0. The summed E-state index contributed by atoms with van der Waals surface area (Å²) in [5, 5.41) is 7.59. The van der Waals surface area contributed by atoms with Crippen molar-refractivity contribution >= 4 is 11.6 Å². The third-order valence-electron chi connectivity index (χ3n) is 3.49. The molecule has 0 radical (unpaired) electrons. The Morgan fingerprint density at radius 1 is 1.32 bits per heavy atom. The van der Waals surface area contributed by atoms with Gasteiger partial charge in [0, 0.05) is 24.1 Å². The van der Waals surface area contributed by atoms with E-state index in [-0.39, 0.29) is 0 Å². The number of hydrogen-bond donors (Lipinski definition) is 2. The van der Waals surface area contributed by atoms with Crippen molar-refractivity contribution in [2.24, 2.45) is 10.7 Å². The number of hydrogen-bond acceptors (Lipinski definition) is 3. The van der Waals surface area contributed by atoms with Gasteiger partial charge in [-0.25, -0.2) is 4.99 Å². The number of guanidine groups is 1. The molecule has 1 heterocycles. The molecule has 6 heteroatoms. The summed E-state index contributed by atoms with van der Waals surface area (Å²) in [6, 6.07) is 9.75. The molecule has 3 N–H and O–H groups in total. The van der Waals surface area contributed by atoms with E-state index in [0.717, 1.165) is 29.2 Å². The van der Waals surface area contributed by atoms with Crippen molar-refractivity contribution < 1.29 is 4.74 Å². The second kappa shape index (κ2) is 7.61. The molecule has 0 aliphatic carbocycles. The van der Waals surface area contributed by atoms with Crippen LogP contribution in [0.2, 0.25) is 0 Å². The van der Waals surface area contributed by atoms with Crippen LogP contribution in [0.25, 0.3) is 0 Å². The van der Waals surface area contributed by atoms with Gasteiger partial charge in [0.15, 0.2) is 5.96 Å². The van der Waals surface area contributed by atoms with Gasteiger partial charge in [0.1, 0.15) is 0 Å². The lowest BCUT2D eigenvalue weighted by molar-refractivity contribution is 0.182. The van der Waals surface area contributed by atoms with Crippen LogP contribution in [0.1, 0.15) is 17.0 Å². The molecular weight excluding hydrogens is 278 g/mol. The Bertz CT molecular complexity index is 633. The van der Waals surface area contributed by atoms with Crippen molar-refractivity contribution in [3.05, 3.63) is 47.3 Å². The van der Waals surface area contributed by atoms with Gasteiger partial charge < -0.3 is 15.8 Å². The number of nitrogens with zero attached hydrogens (tertiary/aromatic N) is 3. The van der Waals surface area contributed by atoms with Crippen LogP contribution in [0.3, 0.4) is 0 Å². The quantitative estimate of drug-likeness (QED) is 0.632. The zero-order valence-electron chi connectivity index (χ0n) is 13.3. The molecule has 0 spiro atoms. The van der Waals surface area contributed by atoms with E-state index < -0.39 is 0 Å². The zero-order chi connectivity index (χ0) is 15.9. The summed E-state index contributed by atoms with van der Waals surface area (Å²) in [7, 11) is 1.69. The molecule has 1 aromatic heterocycles. The molecule has 0 bridgehead atoms. The highest BCUT2D eigenvalue weighted by Gasteiger charge is 2.10. The van der Waals surface area contributed by atoms with Gasteiger partial charge in [-0.3, -0.25) is 4.68 Å². The van der Waals surface area contributed by atoms with E-state index in [1.807, 2.05) is 48.9 Å². The summed E-state index contributed by atoms with van der Waals surface area (Å²) in [5.74, 6) is 0.398. The van der Waals surface area contributed by atoms with E-state index in [4.69, 9.17) is 10.5 Å². The van der Waals surface area contributed by atoms with Crippen molar-refractivity contribution in [3.63, 3.8) is 0 Å². The minimum absolute atomic E-state index is 0.398. The molecule has 0 amide bonds. The first-order chi connectivity index (χ1) is 10.6. The third kappa shape index (κ3) is 4.08. The number of anilines is 1. The number of aliphatic imine (C=N–C) groups is 1.